The zero-order valence-corrected chi connectivity index (χ0v) is 28.1. The Kier molecular flexibility index (Phi) is 13.1. The van der Waals surface area contributed by atoms with E-state index in [1.54, 1.807) is 0 Å². The molecule has 15 heteroatoms. The van der Waals surface area contributed by atoms with Crippen LogP contribution in [0.25, 0.3) is 11.1 Å². The number of carbonyl (C=O) groups excluding carboxylic acids is 6. The lowest BCUT2D eigenvalue weighted by atomic mass is 9.96. The van der Waals surface area contributed by atoms with Gasteiger partial charge in [0, 0.05) is 33.6 Å². The second kappa shape index (κ2) is 17.4. The smallest absolute Gasteiger partial charge is 0.407 e. The van der Waals surface area contributed by atoms with E-state index < -0.39 is 85.8 Å². The summed E-state index contributed by atoms with van der Waals surface area (Å²) in [7, 11) is 0. The molecule has 0 saturated carbocycles. The van der Waals surface area contributed by atoms with Crippen LogP contribution in [0.2, 0.25) is 0 Å². The van der Waals surface area contributed by atoms with Crippen molar-refractivity contribution in [2.24, 2.45) is 0 Å². The fourth-order valence-corrected chi connectivity index (χ4v) is 5.82. The molecular weight excluding hydrogens is 656 g/mol. The third kappa shape index (κ3) is 9.66. The molecule has 2 N–H and O–H groups in total. The monoisotopic (exact) mass is 696 g/mol. The third-order valence-electron chi connectivity index (χ3n) is 7.76. The van der Waals surface area contributed by atoms with E-state index in [0.717, 1.165) is 43.0 Å². The number of fused-ring (bicyclic) bond motifs is 3. The van der Waals surface area contributed by atoms with E-state index in [2.05, 4.69) is 17.2 Å². The van der Waals surface area contributed by atoms with E-state index in [-0.39, 0.29) is 19.1 Å². The van der Waals surface area contributed by atoms with Crippen molar-refractivity contribution in [3.63, 3.8) is 0 Å². The first-order chi connectivity index (χ1) is 23.9. The molecule has 0 radical (unpaired) electrons. The molecular formula is C35H40N2O13. The molecule has 50 heavy (non-hydrogen) atoms. The maximum atomic E-state index is 13.1. The first-order valence-corrected chi connectivity index (χ1v) is 15.8. The molecule has 1 saturated heterocycles. The Labute approximate surface area is 288 Å². The van der Waals surface area contributed by atoms with Crippen molar-refractivity contribution in [3.8, 4) is 11.1 Å². The minimum atomic E-state index is -1.49. The Balaban J connectivity index is 1.53. The summed E-state index contributed by atoms with van der Waals surface area (Å²) in [5.41, 5.74) is 4.05. The largest absolute Gasteiger partial charge is 0.463 e. The number of esters is 4. The molecule has 15 nitrogen and oxygen atoms in total. The molecule has 2 aromatic carbocycles. The van der Waals surface area contributed by atoms with Crippen LogP contribution in [0.3, 0.4) is 0 Å². The van der Waals surface area contributed by atoms with Crippen LogP contribution in [-0.4, -0.2) is 99.0 Å². The van der Waals surface area contributed by atoms with Gasteiger partial charge in [-0.2, -0.15) is 0 Å². The average molecular weight is 697 g/mol. The van der Waals surface area contributed by atoms with E-state index in [9.17, 15) is 28.8 Å². The summed E-state index contributed by atoms with van der Waals surface area (Å²) in [6.45, 7) is 6.80. The number of ether oxygens (including phenoxy) is 7. The molecule has 1 aliphatic heterocycles. The number of rotatable bonds is 14. The van der Waals surface area contributed by atoms with Gasteiger partial charge in [0.25, 0.3) is 0 Å². The molecule has 2 aliphatic rings. The summed E-state index contributed by atoms with van der Waals surface area (Å²) < 4.78 is 38.6. The molecule has 2 amide bonds. The summed E-state index contributed by atoms with van der Waals surface area (Å²) in [6.07, 6.45) is -5.09. The molecule has 2 aromatic rings. The number of hydrogen-bond acceptors (Lipinski definition) is 13. The highest BCUT2D eigenvalue weighted by atomic mass is 16.7. The van der Waals surface area contributed by atoms with Crippen LogP contribution in [0.5, 0.6) is 0 Å². The van der Waals surface area contributed by atoms with Gasteiger partial charge in [0.15, 0.2) is 24.5 Å². The normalized spacial score (nSPS) is 21.3. The lowest BCUT2D eigenvalue weighted by Crippen LogP contribution is -2.67. The Morgan fingerprint density at radius 3 is 1.96 bits per heavy atom. The molecule has 0 bridgehead atoms. The van der Waals surface area contributed by atoms with Gasteiger partial charge < -0.3 is 43.8 Å². The van der Waals surface area contributed by atoms with Gasteiger partial charge >= 0.3 is 30.0 Å². The first-order valence-electron chi connectivity index (χ1n) is 15.8. The van der Waals surface area contributed by atoms with Crippen LogP contribution < -0.4 is 10.6 Å². The molecule has 0 aromatic heterocycles. The maximum absolute atomic E-state index is 13.1. The van der Waals surface area contributed by atoms with E-state index in [1.807, 2.05) is 48.5 Å². The number of amides is 2. The number of carbonyl (C=O) groups is 6. The van der Waals surface area contributed by atoms with E-state index >= 15 is 0 Å². The van der Waals surface area contributed by atoms with Crippen molar-refractivity contribution < 1.29 is 61.9 Å². The van der Waals surface area contributed by atoms with Crippen molar-refractivity contribution in [1.82, 2.24) is 10.6 Å². The van der Waals surface area contributed by atoms with Crippen molar-refractivity contribution in [3.05, 3.63) is 72.3 Å². The van der Waals surface area contributed by atoms with Crippen LogP contribution in [-0.2, 0) is 57.1 Å². The van der Waals surface area contributed by atoms with Gasteiger partial charge in [0.05, 0.1) is 6.61 Å². The average Bonchev–Trinajstić information content (AvgIpc) is 3.38. The molecule has 4 rings (SSSR count). The topological polar surface area (TPSA) is 191 Å². The van der Waals surface area contributed by atoms with Crippen LogP contribution in [0, 0.1) is 0 Å². The van der Waals surface area contributed by atoms with Crippen LogP contribution in [0.1, 0.15) is 44.7 Å². The lowest BCUT2D eigenvalue weighted by Gasteiger charge is -2.45. The molecule has 0 spiro atoms. The van der Waals surface area contributed by atoms with Gasteiger partial charge in [-0.25, -0.2) is 9.59 Å². The summed E-state index contributed by atoms with van der Waals surface area (Å²) in [6, 6.07) is 12.8. The van der Waals surface area contributed by atoms with Gasteiger partial charge in [-0.3, -0.25) is 19.2 Å². The fourth-order valence-electron chi connectivity index (χ4n) is 5.82. The summed E-state index contributed by atoms with van der Waals surface area (Å²) in [4.78, 5) is 74.3. The van der Waals surface area contributed by atoms with Crippen LogP contribution in [0.4, 0.5) is 4.79 Å². The quantitative estimate of drug-likeness (QED) is 0.166. The maximum Gasteiger partial charge on any atom is 0.407 e. The fraction of sp³-hybridized carbons (Fsp3) is 0.429. The summed E-state index contributed by atoms with van der Waals surface area (Å²) >= 11 is 0. The summed E-state index contributed by atoms with van der Waals surface area (Å²) in [5.74, 6) is -4.00. The zero-order chi connectivity index (χ0) is 36.4. The minimum Gasteiger partial charge on any atom is -0.463 e. The van der Waals surface area contributed by atoms with Gasteiger partial charge in [0.1, 0.15) is 32.0 Å². The highest BCUT2D eigenvalue weighted by Crippen LogP contribution is 2.44. The van der Waals surface area contributed by atoms with Gasteiger partial charge in [-0.05, 0) is 22.3 Å². The zero-order valence-electron chi connectivity index (χ0n) is 28.1. The van der Waals surface area contributed by atoms with Crippen LogP contribution >= 0.6 is 0 Å². The number of benzene rings is 2. The Hall–Kier alpha value is -5.28. The number of nitrogens with one attached hydrogen (secondary N) is 2. The van der Waals surface area contributed by atoms with E-state index in [1.165, 1.54) is 13.0 Å². The summed E-state index contributed by atoms with van der Waals surface area (Å²) in [5, 5.41) is 5.03. The van der Waals surface area contributed by atoms with Crippen LogP contribution in [0.15, 0.2) is 61.2 Å². The van der Waals surface area contributed by atoms with Crippen molar-refractivity contribution in [2.75, 3.05) is 26.4 Å². The standard InChI is InChI=1S/C35H40N2O13/c1-6-15-44-33(42)28(37-35(43)47-16-27-25-13-9-7-11-23(25)24-12-8-10-14-26(24)27)17-46-34-30(36-19(2)38)32(49-22(5)41)31(48-21(4)40)29(50-34)18-45-20(3)39/h6-14,27-32,34H,1,15-18H2,2-5H3,(H,36,38)(H,37,43)/t28-,29?,30?,31+,32+,34+/m0/s1. The second-order valence-corrected chi connectivity index (χ2v) is 11.5. The molecule has 6 atom stereocenters. The molecule has 1 heterocycles. The van der Waals surface area contributed by atoms with Crippen molar-refractivity contribution in [1.29, 1.82) is 0 Å². The predicted octanol–water partition coefficient (Wildman–Crippen LogP) is 2.30. The number of alkyl carbamates (subject to hydrolysis) is 1. The molecule has 268 valence electrons. The first kappa shape index (κ1) is 37.5. The third-order valence-corrected chi connectivity index (χ3v) is 7.76. The van der Waals surface area contributed by atoms with Gasteiger partial charge in [-0.15, -0.1) is 0 Å². The Morgan fingerprint density at radius 2 is 1.40 bits per heavy atom. The van der Waals surface area contributed by atoms with E-state index in [4.69, 9.17) is 33.2 Å². The predicted molar refractivity (Wildman–Crippen MR) is 173 cm³/mol. The molecule has 1 fully saturated rings. The van der Waals surface area contributed by atoms with E-state index in [0.29, 0.717) is 0 Å². The van der Waals surface area contributed by atoms with Crippen molar-refractivity contribution >= 4 is 35.9 Å². The van der Waals surface area contributed by atoms with Gasteiger partial charge in [0.2, 0.25) is 5.91 Å². The van der Waals surface area contributed by atoms with Gasteiger partial charge in [-0.1, -0.05) is 61.2 Å². The Morgan fingerprint density at radius 1 is 0.800 bits per heavy atom. The minimum absolute atomic E-state index is 0.0368. The highest BCUT2D eigenvalue weighted by molar-refractivity contribution is 5.82. The van der Waals surface area contributed by atoms with Crippen molar-refractivity contribution in [2.45, 2.75) is 70.3 Å². The highest BCUT2D eigenvalue weighted by Gasteiger charge is 2.51. The Bertz CT molecular complexity index is 1550. The molecule has 1 aliphatic carbocycles. The molecule has 2 unspecified atom stereocenters. The SMILES string of the molecule is C=CCOC(=O)[C@H](CO[C@@H]1OC(COC(C)=O)[C@@H](OC(C)=O)[C@H](OC(C)=O)C1NC(C)=O)NC(=O)OCC1c2ccccc2-c2ccccc21. The number of hydrogen-bond donors (Lipinski definition) is 2. The lowest BCUT2D eigenvalue weighted by molar-refractivity contribution is -0.278. The second-order valence-electron chi connectivity index (χ2n) is 11.5.